The van der Waals surface area contributed by atoms with Gasteiger partial charge in [-0.2, -0.15) is 5.10 Å². The van der Waals surface area contributed by atoms with Crippen LogP contribution in [0.3, 0.4) is 0 Å². The predicted molar refractivity (Wildman–Crippen MR) is 110 cm³/mol. The Hall–Kier alpha value is -2.98. The highest BCUT2D eigenvalue weighted by Crippen LogP contribution is 2.48. The van der Waals surface area contributed by atoms with E-state index in [0.717, 1.165) is 40.3 Å². The van der Waals surface area contributed by atoms with Crippen molar-refractivity contribution in [2.75, 3.05) is 7.11 Å². The van der Waals surface area contributed by atoms with Crippen LogP contribution in [0.1, 0.15) is 35.4 Å². The summed E-state index contributed by atoms with van der Waals surface area (Å²) in [5, 5.41) is 7.73. The van der Waals surface area contributed by atoms with Gasteiger partial charge in [0, 0.05) is 22.6 Å². The Morgan fingerprint density at radius 1 is 1.04 bits per heavy atom. The van der Waals surface area contributed by atoms with Crippen LogP contribution in [0.4, 0.5) is 0 Å². The van der Waals surface area contributed by atoms with E-state index in [4.69, 9.17) is 26.2 Å². The SMILES string of the molecule is COc1ccc(C2Oc3ccc(Cl)cc3C3CC(c4ccccc4)=NN32)cc1. The highest BCUT2D eigenvalue weighted by Gasteiger charge is 2.41. The first kappa shape index (κ1) is 17.1. The molecule has 0 N–H and O–H groups in total. The summed E-state index contributed by atoms with van der Waals surface area (Å²) in [5.74, 6) is 1.68. The van der Waals surface area contributed by atoms with Gasteiger partial charge in [0.15, 0.2) is 0 Å². The minimum Gasteiger partial charge on any atom is -0.497 e. The number of hydrazone groups is 1. The summed E-state index contributed by atoms with van der Waals surface area (Å²) < 4.78 is 11.7. The second-order valence-corrected chi connectivity index (χ2v) is 7.37. The lowest BCUT2D eigenvalue weighted by molar-refractivity contribution is -0.0190. The minimum absolute atomic E-state index is 0.0877. The van der Waals surface area contributed by atoms with E-state index in [1.54, 1.807) is 7.11 Å². The molecule has 4 nitrogen and oxygen atoms in total. The monoisotopic (exact) mass is 390 g/mol. The first-order valence-electron chi connectivity index (χ1n) is 9.24. The molecule has 2 unspecified atom stereocenters. The molecule has 0 aromatic heterocycles. The highest BCUT2D eigenvalue weighted by atomic mass is 35.5. The lowest BCUT2D eigenvalue weighted by Gasteiger charge is -2.38. The molecule has 28 heavy (non-hydrogen) atoms. The molecule has 3 aromatic carbocycles. The van der Waals surface area contributed by atoms with E-state index >= 15 is 0 Å². The average molecular weight is 391 g/mol. The molecule has 0 saturated carbocycles. The molecule has 0 spiro atoms. The summed E-state index contributed by atoms with van der Waals surface area (Å²) in [4.78, 5) is 0. The smallest absolute Gasteiger partial charge is 0.213 e. The summed E-state index contributed by atoms with van der Waals surface area (Å²) in [6, 6.07) is 24.1. The Kier molecular flexibility index (Phi) is 4.21. The van der Waals surface area contributed by atoms with E-state index in [2.05, 4.69) is 17.1 Å². The zero-order valence-electron chi connectivity index (χ0n) is 15.4. The number of fused-ring (bicyclic) bond motifs is 3. The third-order valence-electron chi connectivity index (χ3n) is 5.26. The molecule has 2 atom stereocenters. The molecule has 140 valence electrons. The molecule has 5 rings (SSSR count). The van der Waals surface area contributed by atoms with Crippen LogP contribution in [0, 0.1) is 0 Å². The van der Waals surface area contributed by atoms with Crippen LogP contribution < -0.4 is 9.47 Å². The molecular formula is C23H19ClN2O2. The van der Waals surface area contributed by atoms with Gasteiger partial charge in [-0.25, -0.2) is 5.01 Å². The Balaban J connectivity index is 1.59. The van der Waals surface area contributed by atoms with Crippen LogP contribution in [0.15, 0.2) is 77.9 Å². The largest absolute Gasteiger partial charge is 0.497 e. The number of benzene rings is 3. The fourth-order valence-corrected chi connectivity index (χ4v) is 4.03. The molecule has 0 fully saturated rings. The van der Waals surface area contributed by atoms with E-state index < -0.39 is 0 Å². The summed E-state index contributed by atoms with van der Waals surface area (Å²) in [6.45, 7) is 0. The summed E-state index contributed by atoms with van der Waals surface area (Å²) in [7, 11) is 1.67. The second-order valence-electron chi connectivity index (χ2n) is 6.94. The van der Waals surface area contributed by atoms with Crippen molar-refractivity contribution < 1.29 is 9.47 Å². The topological polar surface area (TPSA) is 34.1 Å². The number of hydrogen-bond acceptors (Lipinski definition) is 4. The Morgan fingerprint density at radius 2 is 1.82 bits per heavy atom. The molecule has 0 radical (unpaired) electrons. The summed E-state index contributed by atoms with van der Waals surface area (Å²) in [6.07, 6.45) is 0.513. The fourth-order valence-electron chi connectivity index (χ4n) is 3.85. The molecule has 2 aliphatic rings. The number of rotatable bonds is 3. The van der Waals surface area contributed by atoms with Crippen molar-refractivity contribution in [3.05, 3.63) is 94.5 Å². The van der Waals surface area contributed by atoms with E-state index in [1.165, 1.54) is 0 Å². The average Bonchev–Trinajstić information content (AvgIpc) is 3.20. The maximum atomic E-state index is 6.36. The number of hydrogen-bond donors (Lipinski definition) is 0. The Bertz CT molecular complexity index is 1030. The molecule has 0 bridgehead atoms. The van der Waals surface area contributed by atoms with Gasteiger partial charge in [-0.1, -0.05) is 41.9 Å². The Labute approximate surface area is 169 Å². The molecule has 5 heteroatoms. The summed E-state index contributed by atoms with van der Waals surface area (Å²) in [5.41, 5.74) is 4.30. The van der Waals surface area contributed by atoms with Crippen LogP contribution >= 0.6 is 11.6 Å². The molecule has 0 saturated heterocycles. The van der Waals surface area contributed by atoms with Gasteiger partial charge in [0.1, 0.15) is 11.5 Å². The van der Waals surface area contributed by atoms with Crippen molar-refractivity contribution >= 4 is 17.3 Å². The van der Waals surface area contributed by atoms with Crippen LogP contribution in [-0.4, -0.2) is 17.8 Å². The zero-order chi connectivity index (χ0) is 19.1. The van der Waals surface area contributed by atoms with E-state index in [-0.39, 0.29) is 12.3 Å². The standard InChI is InChI=1S/C23H19ClN2O2/c1-27-18-10-7-16(8-11-18)23-26-21(19-13-17(24)9-12-22(19)28-23)14-20(25-26)15-5-3-2-4-6-15/h2-13,21,23H,14H2,1H3. The fraction of sp³-hybridized carbons (Fsp3) is 0.174. The van der Waals surface area contributed by atoms with Gasteiger partial charge in [0.2, 0.25) is 6.23 Å². The van der Waals surface area contributed by atoms with Gasteiger partial charge in [-0.3, -0.25) is 0 Å². The van der Waals surface area contributed by atoms with Crippen molar-refractivity contribution in [2.45, 2.75) is 18.7 Å². The molecule has 2 aliphatic heterocycles. The van der Waals surface area contributed by atoms with Crippen LogP contribution in [0.5, 0.6) is 11.5 Å². The van der Waals surface area contributed by atoms with Gasteiger partial charge in [0.05, 0.1) is 18.9 Å². The van der Waals surface area contributed by atoms with Gasteiger partial charge >= 0.3 is 0 Å². The van der Waals surface area contributed by atoms with E-state index in [0.29, 0.717) is 5.02 Å². The number of methoxy groups -OCH3 is 1. The number of ether oxygens (including phenoxy) is 2. The maximum Gasteiger partial charge on any atom is 0.213 e. The second kappa shape index (κ2) is 6.88. The van der Waals surface area contributed by atoms with E-state index in [1.807, 2.05) is 60.7 Å². The third kappa shape index (κ3) is 2.90. The lowest BCUT2D eigenvalue weighted by atomic mass is 9.96. The number of nitrogens with zero attached hydrogens (tertiary/aromatic N) is 2. The van der Waals surface area contributed by atoms with Gasteiger partial charge in [-0.15, -0.1) is 0 Å². The normalized spacial score (nSPS) is 20.1. The first-order valence-corrected chi connectivity index (χ1v) is 9.62. The van der Waals surface area contributed by atoms with Crippen molar-refractivity contribution in [1.82, 2.24) is 5.01 Å². The lowest BCUT2D eigenvalue weighted by Crippen LogP contribution is -2.33. The van der Waals surface area contributed by atoms with Gasteiger partial charge in [0.25, 0.3) is 0 Å². The maximum absolute atomic E-state index is 6.36. The van der Waals surface area contributed by atoms with Crippen molar-refractivity contribution in [1.29, 1.82) is 0 Å². The molecule has 0 amide bonds. The van der Waals surface area contributed by atoms with Crippen molar-refractivity contribution in [3.63, 3.8) is 0 Å². The zero-order valence-corrected chi connectivity index (χ0v) is 16.1. The first-order chi connectivity index (χ1) is 13.7. The molecule has 2 heterocycles. The van der Waals surface area contributed by atoms with Crippen LogP contribution in [-0.2, 0) is 0 Å². The summed E-state index contributed by atoms with van der Waals surface area (Å²) >= 11 is 6.28. The quantitative estimate of drug-likeness (QED) is 0.584. The van der Waals surface area contributed by atoms with Crippen molar-refractivity contribution in [3.8, 4) is 11.5 Å². The minimum atomic E-state index is -0.300. The molecule has 0 aliphatic carbocycles. The van der Waals surface area contributed by atoms with Crippen molar-refractivity contribution in [2.24, 2.45) is 5.10 Å². The number of halogens is 1. The third-order valence-corrected chi connectivity index (χ3v) is 5.49. The van der Waals surface area contributed by atoms with Gasteiger partial charge in [-0.05, 0) is 48.0 Å². The molecular weight excluding hydrogens is 372 g/mol. The van der Waals surface area contributed by atoms with Crippen LogP contribution in [0.2, 0.25) is 5.02 Å². The Morgan fingerprint density at radius 3 is 2.57 bits per heavy atom. The van der Waals surface area contributed by atoms with Gasteiger partial charge < -0.3 is 9.47 Å². The van der Waals surface area contributed by atoms with E-state index in [9.17, 15) is 0 Å². The predicted octanol–water partition coefficient (Wildman–Crippen LogP) is 5.59. The van der Waals surface area contributed by atoms with Crippen LogP contribution in [0.25, 0.3) is 0 Å². The highest BCUT2D eigenvalue weighted by molar-refractivity contribution is 6.30. The molecule has 3 aromatic rings.